The average Bonchev–Trinajstić information content (AvgIpc) is 2.96. The number of nitrogens with two attached hydrogens (primary N) is 1. The summed E-state index contributed by atoms with van der Waals surface area (Å²) in [6.45, 7) is 4.51. The van der Waals surface area contributed by atoms with Crippen LogP contribution in [0.25, 0.3) is 0 Å². The fourth-order valence-electron chi connectivity index (χ4n) is 2.16. The van der Waals surface area contributed by atoms with E-state index in [9.17, 15) is 9.59 Å². The van der Waals surface area contributed by atoms with Gasteiger partial charge in [0.2, 0.25) is 11.8 Å². The molecule has 25 heavy (non-hydrogen) atoms. The molecular weight excluding hydrogens is 362 g/mol. The van der Waals surface area contributed by atoms with E-state index in [1.165, 1.54) is 11.8 Å². The van der Waals surface area contributed by atoms with E-state index in [0.717, 1.165) is 5.56 Å². The van der Waals surface area contributed by atoms with Gasteiger partial charge in [0.15, 0.2) is 5.16 Å². The Labute approximate surface area is 155 Å². The number of amides is 2. The van der Waals surface area contributed by atoms with Crippen molar-refractivity contribution in [2.24, 2.45) is 5.73 Å². The van der Waals surface area contributed by atoms with Crippen molar-refractivity contribution in [1.29, 1.82) is 0 Å². The van der Waals surface area contributed by atoms with Crippen LogP contribution in [0, 0.1) is 6.92 Å². The Kier molecular flexibility index (Phi) is 6.83. The largest absolute Gasteiger partial charge is 0.370 e. The zero-order valence-electron chi connectivity index (χ0n) is 14.1. The molecule has 1 aromatic carbocycles. The molecule has 3 N–H and O–H groups in total. The number of nitrogens with zero attached hydrogens (tertiary/aromatic N) is 3. The van der Waals surface area contributed by atoms with Crippen LogP contribution in [0.2, 0.25) is 5.02 Å². The Morgan fingerprint density at radius 1 is 1.36 bits per heavy atom. The first-order chi connectivity index (χ1) is 11.9. The number of primary amides is 1. The van der Waals surface area contributed by atoms with Crippen LogP contribution in [-0.4, -0.2) is 32.3 Å². The number of anilines is 1. The maximum atomic E-state index is 12.1. The molecule has 0 saturated carbocycles. The molecule has 0 radical (unpaired) electrons. The minimum atomic E-state index is -0.379. The Bertz CT molecular complexity index is 778. The van der Waals surface area contributed by atoms with Crippen LogP contribution in [0.5, 0.6) is 0 Å². The van der Waals surface area contributed by atoms with E-state index in [1.807, 2.05) is 24.5 Å². The van der Waals surface area contributed by atoms with Gasteiger partial charge in [0.1, 0.15) is 5.82 Å². The van der Waals surface area contributed by atoms with E-state index in [-0.39, 0.29) is 24.0 Å². The van der Waals surface area contributed by atoms with Crippen LogP contribution in [0.3, 0.4) is 0 Å². The van der Waals surface area contributed by atoms with E-state index in [0.29, 0.717) is 34.7 Å². The number of rotatable bonds is 8. The molecule has 2 amide bonds. The van der Waals surface area contributed by atoms with Crippen LogP contribution in [0.4, 0.5) is 5.69 Å². The van der Waals surface area contributed by atoms with Gasteiger partial charge in [0.05, 0.1) is 5.75 Å². The quantitative estimate of drug-likeness (QED) is 0.683. The van der Waals surface area contributed by atoms with Crippen molar-refractivity contribution in [2.45, 2.75) is 38.4 Å². The van der Waals surface area contributed by atoms with E-state index in [1.54, 1.807) is 12.1 Å². The summed E-state index contributed by atoms with van der Waals surface area (Å²) in [6, 6.07) is 5.38. The summed E-state index contributed by atoms with van der Waals surface area (Å²) in [6.07, 6.45) is 0.655. The molecule has 7 nitrogen and oxygen atoms in total. The molecule has 0 atom stereocenters. The minimum absolute atomic E-state index is 0.158. The topological polar surface area (TPSA) is 103 Å². The van der Waals surface area contributed by atoms with Gasteiger partial charge in [-0.1, -0.05) is 29.4 Å². The number of nitrogens with one attached hydrogen (secondary N) is 1. The fraction of sp³-hybridized carbons (Fsp3) is 0.375. The molecule has 0 saturated heterocycles. The van der Waals surface area contributed by atoms with Gasteiger partial charge < -0.3 is 15.6 Å². The molecule has 0 aliphatic heterocycles. The third kappa shape index (κ3) is 5.47. The monoisotopic (exact) mass is 381 g/mol. The molecule has 0 fully saturated rings. The third-order valence-corrected chi connectivity index (χ3v) is 4.87. The number of benzene rings is 1. The summed E-state index contributed by atoms with van der Waals surface area (Å²) < 4.78 is 1.88. The average molecular weight is 382 g/mol. The molecule has 2 rings (SSSR count). The zero-order valence-corrected chi connectivity index (χ0v) is 15.7. The van der Waals surface area contributed by atoms with E-state index < -0.39 is 0 Å². The normalized spacial score (nSPS) is 10.7. The first kappa shape index (κ1) is 19.3. The van der Waals surface area contributed by atoms with Crippen molar-refractivity contribution in [3.8, 4) is 0 Å². The third-order valence-electron chi connectivity index (χ3n) is 3.49. The highest BCUT2D eigenvalue weighted by atomic mass is 35.5. The Morgan fingerprint density at radius 2 is 2.12 bits per heavy atom. The molecule has 1 aromatic heterocycles. The number of aryl methyl sites for hydroxylation is 2. The van der Waals surface area contributed by atoms with Crippen LogP contribution in [0.15, 0.2) is 23.4 Å². The molecular formula is C16H20ClN5O2S. The number of carbonyl (C=O) groups excluding carboxylic acids is 2. The van der Waals surface area contributed by atoms with Crippen LogP contribution in [0.1, 0.15) is 24.7 Å². The smallest absolute Gasteiger partial charge is 0.234 e. The summed E-state index contributed by atoms with van der Waals surface area (Å²) in [4.78, 5) is 23.0. The summed E-state index contributed by atoms with van der Waals surface area (Å²) in [5.74, 6) is 0.346. The number of halogens is 1. The van der Waals surface area contributed by atoms with Crippen LogP contribution >= 0.6 is 23.4 Å². The fourth-order valence-corrected chi connectivity index (χ4v) is 3.16. The Hall–Kier alpha value is -2.06. The second kappa shape index (κ2) is 8.87. The minimum Gasteiger partial charge on any atom is -0.370 e. The highest BCUT2D eigenvalue weighted by Gasteiger charge is 2.14. The summed E-state index contributed by atoms with van der Waals surface area (Å²) in [7, 11) is 0. The van der Waals surface area contributed by atoms with E-state index >= 15 is 0 Å². The molecule has 134 valence electrons. The molecule has 0 bridgehead atoms. The van der Waals surface area contributed by atoms with Gasteiger partial charge in [0, 0.05) is 30.1 Å². The predicted molar refractivity (Wildman–Crippen MR) is 98.8 cm³/mol. The molecule has 0 aliphatic rings. The summed E-state index contributed by atoms with van der Waals surface area (Å²) >= 11 is 7.34. The van der Waals surface area contributed by atoms with Crippen molar-refractivity contribution < 1.29 is 9.59 Å². The lowest BCUT2D eigenvalue weighted by Gasteiger charge is -2.08. The number of thioether (sulfide) groups is 1. The highest BCUT2D eigenvalue weighted by Crippen LogP contribution is 2.21. The molecule has 0 spiro atoms. The van der Waals surface area contributed by atoms with Crippen molar-refractivity contribution >= 4 is 40.9 Å². The van der Waals surface area contributed by atoms with Crippen molar-refractivity contribution in [3.63, 3.8) is 0 Å². The van der Waals surface area contributed by atoms with Crippen LogP contribution in [-0.2, 0) is 22.6 Å². The van der Waals surface area contributed by atoms with Gasteiger partial charge in [-0.05, 0) is 31.5 Å². The lowest BCUT2D eigenvalue weighted by molar-refractivity contribution is -0.118. The second-order valence-corrected chi connectivity index (χ2v) is 6.76. The number of hydrogen-bond acceptors (Lipinski definition) is 5. The van der Waals surface area contributed by atoms with Gasteiger partial charge in [-0.3, -0.25) is 9.59 Å². The van der Waals surface area contributed by atoms with Crippen molar-refractivity contribution in [2.75, 3.05) is 11.1 Å². The molecule has 0 aliphatic carbocycles. The first-order valence-electron chi connectivity index (χ1n) is 7.80. The second-order valence-electron chi connectivity index (χ2n) is 5.41. The number of aromatic nitrogens is 3. The molecule has 1 heterocycles. The summed E-state index contributed by atoms with van der Waals surface area (Å²) in [5, 5.41) is 12.2. The molecule has 9 heteroatoms. The maximum Gasteiger partial charge on any atom is 0.234 e. The van der Waals surface area contributed by atoms with Gasteiger partial charge in [-0.2, -0.15) is 0 Å². The van der Waals surface area contributed by atoms with E-state index in [2.05, 4.69) is 15.5 Å². The lowest BCUT2D eigenvalue weighted by Crippen LogP contribution is -2.15. The lowest BCUT2D eigenvalue weighted by atomic mass is 10.2. The predicted octanol–water partition coefficient (Wildman–Crippen LogP) is 2.41. The SMILES string of the molecule is CCn1c(CCC(N)=O)nnc1SCC(=O)Nc1ccc(C)c(Cl)c1. The Balaban J connectivity index is 1.94. The number of carbonyl (C=O) groups is 2. The molecule has 0 unspecified atom stereocenters. The standard InChI is InChI=1S/C16H20ClN5O2S/c1-3-22-14(7-6-13(18)23)20-21-16(22)25-9-15(24)19-11-5-4-10(2)12(17)8-11/h4-5,8H,3,6-7,9H2,1-2H3,(H2,18,23)(H,19,24). The highest BCUT2D eigenvalue weighted by molar-refractivity contribution is 7.99. The first-order valence-corrected chi connectivity index (χ1v) is 9.16. The van der Waals surface area contributed by atoms with Gasteiger partial charge in [-0.25, -0.2) is 0 Å². The van der Waals surface area contributed by atoms with Gasteiger partial charge in [-0.15, -0.1) is 10.2 Å². The number of hydrogen-bond donors (Lipinski definition) is 2. The maximum absolute atomic E-state index is 12.1. The summed E-state index contributed by atoms with van der Waals surface area (Å²) in [5.41, 5.74) is 6.77. The van der Waals surface area contributed by atoms with Crippen molar-refractivity contribution in [3.05, 3.63) is 34.6 Å². The molecule has 2 aromatic rings. The van der Waals surface area contributed by atoms with Crippen molar-refractivity contribution in [1.82, 2.24) is 14.8 Å². The van der Waals surface area contributed by atoms with E-state index in [4.69, 9.17) is 17.3 Å². The van der Waals surface area contributed by atoms with Gasteiger partial charge >= 0.3 is 0 Å². The van der Waals surface area contributed by atoms with Gasteiger partial charge in [0.25, 0.3) is 0 Å². The zero-order chi connectivity index (χ0) is 18.4. The van der Waals surface area contributed by atoms with Crippen LogP contribution < -0.4 is 11.1 Å². The Morgan fingerprint density at radius 3 is 2.76 bits per heavy atom.